The number of aromatic nitrogens is 1. The lowest BCUT2D eigenvalue weighted by Crippen LogP contribution is -2.49. The molecule has 0 spiro atoms. The molecular weight excluding hydrogens is 509 g/mol. The fourth-order valence-electron chi connectivity index (χ4n) is 4.84. The summed E-state index contributed by atoms with van der Waals surface area (Å²) in [5.74, 6) is 0.249. The van der Waals surface area contributed by atoms with Gasteiger partial charge in [0.25, 0.3) is 11.5 Å². The number of hydrogen-bond donors (Lipinski definition) is 0. The van der Waals surface area contributed by atoms with Gasteiger partial charge in [-0.3, -0.25) is 19.1 Å². The quantitative estimate of drug-likeness (QED) is 0.395. The minimum atomic E-state index is -0.333. The second-order valence-electron chi connectivity index (χ2n) is 9.38. The van der Waals surface area contributed by atoms with Crippen molar-refractivity contribution in [3.8, 4) is 6.07 Å². The van der Waals surface area contributed by atoms with Crippen molar-refractivity contribution in [2.45, 2.75) is 46.7 Å². The van der Waals surface area contributed by atoms with E-state index in [0.29, 0.717) is 71.0 Å². The number of thioether (sulfide) groups is 1. The molecule has 0 bridgehead atoms. The molecule has 0 atom stereocenters. The number of hydrogen-bond acceptors (Lipinski definition) is 7. The van der Waals surface area contributed by atoms with E-state index in [-0.39, 0.29) is 28.9 Å². The summed E-state index contributed by atoms with van der Waals surface area (Å²) in [6.07, 6.45) is 2.48. The van der Waals surface area contributed by atoms with Crippen LogP contribution in [0.5, 0.6) is 0 Å². The number of amides is 1. The fraction of sp³-hybridized carbons (Fsp3) is 0.407. The van der Waals surface area contributed by atoms with E-state index in [2.05, 4.69) is 11.0 Å². The van der Waals surface area contributed by atoms with E-state index in [1.54, 1.807) is 34.6 Å². The lowest BCUT2D eigenvalue weighted by atomic mass is 10.0. The van der Waals surface area contributed by atoms with Crippen molar-refractivity contribution in [3.05, 3.63) is 62.0 Å². The summed E-state index contributed by atoms with van der Waals surface area (Å²) in [5.41, 5.74) is 1.52. The molecule has 2 aromatic rings. The summed E-state index contributed by atoms with van der Waals surface area (Å²) in [6, 6.07) is 8.72. The number of para-hydroxylation sites is 1. The highest BCUT2D eigenvalue weighted by Crippen LogP contribution is 2.37. The first-order chi connectivity index (χ1) is 17.7. The van der Waals surface area contributed by atoms with E-state index >= 15 is 0 Å². The van der Waals surface area contributed by atoms with Crippen LogP contribution < -0.4 is 15.4 Å². The number of nitriles is 1. The molecule has 0 aliphatic carbocycles. The average Bonchev–Trinajstić information content (AvgIpc) is 3.15. The van der Waals surface area contributed by atoms with Crippen LogP contribution in [0.1, 0.15) is 43.9 Å². The van der Waals surface area contributed by atoms with E-state index < -0.39 is 0 Å². The number of rotatable bonds is 6. The standard InChI is InChI=1S/C27H30FN5O2S2/c1-5-10-32-24(31-13-11-30(12-14-31)22-9-7-6-8-21(22)28)19(18(4)20(16-29)25(32)34)15-23-26(35)33(17(2)3)27(36)37-23/h6-9,15,17H,5,10-14H2,1-4H3. The minimum absolute atomic E-state index is 0.0749. The second-order valence-corrected chi connectivity index (χ2v) is 11.1. The van der Waals surface area contributed by atoms with Gasteiger partial charge in [0.1, 0.15) is 27.6 Å². The van der Waals surface area contributed by atoms with Crippen molar-refractivity contribution in [1.29, 1.82) is 5.26 Å². The third-order valence-electron chi connectivity index (χ3n) is 6.68. The zero-order chi connectivity index (χ0) is 26.9. The molecule has 1 aromatic carbocycles. The number of carbonyl (C=O) groups is 1. The molecule has 1 aromatic heterocycles. The highest BCUT2D eigenvalue weighted by atomic mass is 32.2. The van der Waals surface area contributed by atoms with Gasteiger partial charge in [0.05, 0.1) is 10.6 Å². The van der Waals surface area contributed by atoms with Crippen molar-refractivity contribution < 1.29 is 9.18 Å². The minimum Gasteiger partial charge on any atom is -0.366 e. The maximum Gasteiger partial charge on any atom is 0.270 e. The Morgan fingerprint density at radius 1 is 1.16 bits per heavy atom. The summed E-state index contributed by atoms with van der Waals surface area (Å²) in [7, 11) is 0. The predicted octanol–water partition coefficient (Wildman–Crippen LogP) is 4.51. The Labute approximate surface area is 226 Å². The van der Waals surface area contributed by atoms with Gasteiger partial charge in [-0.2, -0.15) is 5.26 Å². The molecule has 0 N–H and O–H groups in total. The zero-order valence-electron chi connectivity index (χ0n) is 21.5. The Hall–Kier alpha value is -3.16. The van der Waals surface area contributed by atoms with Crippen LogP contribution >= 0.6 is 24.0 Å². The number of nitrogens with zero attached hydrogens (tertiary/aromatic N) is 5. The molecule has 3 heterocycles. The molecule has 1 amide bonds. The largest absolute Gasteiger partial charge is 0.366 e. The number of thiocarbonyl (C=S) groups is 1. The number of piperazine rings is 1. The maximum absolute atomic E-state index is 14.4. The Kier molecular flexibility index (Phi) is 8.05. The van der Waals surface area contributed by atoms with Gasteiger partial charge >= 0.3 is 0 Å². The van der Waals surface area contributed by atoms with E-state index in [4.69, 9.17) is 12.2 Å². The van der Waals surface area contributed by atoms with Gasteiger partial charge in [-0.05, 0) is 51.0 Å². The number of anilines is 2. The molecular formula is C27H30FN5O2S2. The number of halogens is 1. The zero-order valence-corrected chi connectivity index (χ0v) is 23.1. The van der Waals surface area contributed by atoms with Crippen LogP contribution in [-0.4, -0.2) is 51.9 Å². The van der Waals surface area contributed by atoms with E-state index in [0.717, 1.165) is 0 Å². The normalized spacial score (nSPS) is 17.3. The summed E-state index contributed by atoms with van der Waals surface area (Å²) in [5, 5.41) is 9.83. The van der Waals surface area contributed by atoms with Crippen molar-refractivity contribution in [2.75, 3.05) is 36.0 Å². The average molecular weight is 540 g/mol. The molecule has 2 fully saturated rings. The van der Waals surface area contributed by atoms with Gasteiger partial charge in [0, 0.05) is 44.3 Å². The van der Waals surface area contributed by atoms with Crippen LogP contribution in [-0.2, 0) is 11.3 Å². The maximum atomic E-state index is 14.4. The smallest absolute Gasteiger partial charge is 0.270 e. The number of pyridine rings is 1. The summed E-state index contributed by atoms with van der Waals surface area (Å²) in [4.78, 5) is 32.7. The van der Waals surface area contributed by atoms with Crippen LogP contribution in [0.2, 0.25) is 0 Å². The van der Waals surface area contributed by atoms with Crippen LogP contribution in [0, 0.1) is 24.1 Å². The Balaban J connectivity index is 1.81. The molecule has 7 nitrogen and oxygen atoms in total. The molecule has 194 valence electrons. The van der Waals surface area contributed by atoms with Crippen LogP contribution in [0.3, 0.4) is 0 Å². The van der Waals surface area contributed by atoms with Crippen molar-refractivity contribution in [3.63, 3.8) is 0 Å². The monoisotopic (exact) mass is 539 g/mol. The van der Waals surface area contributed by atoms with E-state index in [9.17, 15) is 19.2 Å². The van der Waals surface area contributed by atoms with Crippen molar-refractivity contribution >= 4 is 51.8 Å². The molecule has 0 saturated carbocycles. The van der Waals surface area contributed by atoms with Crippen molar-refractivity contribution in [2.24, 2.45) is 0 Å². The topological polar surface area (TPSA) is 72.6 Å². The predicted molar refractivity (Wildman–Crippen MR) is 151 cm³/mol. The van der Waals surface area contributed by atoms with E-state index in [1.807, 2.05) is 31.7 Å². The third-order valence-corrected chi connectivity index (χ3v) is 8.01. The first-order valence-corrected chi connectivity index (χ1v) is 13.6. The Bertz CT molecular complexity index is 1370. The van der Waals surface area contributed by atoms with Gasteiger partial charge in [-0.15, -0.1) is 0 Å². The van der Waals surface area contributed by atoms with Crippen molar-refractivity contribution in [1.82, 2.24) is 9.47 Å². The lowest BCUT2D eigenvalue weighted by molar-refractivity contribution is -0.123. The fourth-order valence-corrected chi connectivity index (χ4v) is 6.35. The van der Waals surface area contributed by atoms with E-state index in [1.165, 1.54) is 17.8 Å². The van der Waals surface area contributed by atoms with Crippen LogP contribution in [0.25, 0.3) is 6.08 Å². The molecule has 37 heavy (non-hydrogen) atoms. The van der Waals surface area contributed by atoms with Gasteiger partial charge in [-0.1, -0.05) is 43.0 Å². The van der Waals surface area contributed by atoms with Gasteiger partial charge in [0.15, 0.2) is 0 Å². The SMILES string of the molecule is CCCn1c(N2CCN(c3ccccc3F)CC2)c(C=C2SC(=S)N(C(C)C)C2=O)c(C)c(C#N)c1=O. The molecule has 4 rings (SSSR count). The third kappa shape index (κ3) is 5.03. The first-order valence-electron chi connectivity index (χ1n) is 12.4. The molecule has 10 heteroatoms. The Morgan fingerprint density at radius 2 is 1.81 bits per heavy atom. The summed E-state index contributed by atoms with van der Waals surface area (Å²) < 4.78 is 16.6. The number of carbonyl (C=O) groups excluding carboxylic acids is 1. The second kappa shape index (κ2) is 11.1. The van der Waals surface area contributed by atoms with Gasteiger partial charge in [-0.25, -0.2) is 4.39 Å². The lowest BCUT2D eigenvalue weighted by Gasteiger charge is -2.39. The van der Waals surface area contributed by atoms with Gasteiger partial charge in [0.2, 0.25) is 0 Å². The molecule has 0 radical (unpaired) electrons. The van der Waals surface area contributed by atoms with Crippen LogP contribution in [0.4, 0.5) is 15.9 Å². The highest BCUT2D eigenvalue weighted by molar-refractivity contribution is 8.26. The molecule has 2 saturated heterocycles. The number of benzene rings is 1. The van der Waals surface area contributed by atoms with Gasteiger partial charge < -0.3 is 9.80 Å². The summed E-state index contributed by atoms with van der Waals surface area (Å²) in [6.45, 7) is 10.2. The highest BCUT2D eigenvalue weighted by Gasteiger charge is 2.35. The molecule has 0 unspecified atom stereocenters. The molecule has 2 aliphatic rings. The molecule has 2 aliphatic heterocycles. The Morgan fingerprint density at radius 3 is 2.38 bits per heavy atom. The van der Waals surface area contributed by atoms with Crippen LogP contribution in [0.15, 0.2) is 34.0 Å². The summed E-state index contributed by atoms with van der Waals surface area (Å²) >= 11 is 6.69. The first kappa shape index (κ1) is 26.9.